The molecule has 3 heteroatoms. The van der Waals surface area contributed by atoms with Crippen LogP contribution in [-0.4, -0.2) is 47.8 Å². The minimum atomic E-state index is -0.486. The summed E-state index contributed by atoms with van der Waals surface area (Å²) >= 11 is 0. The topological polar surface area (TPSA) is 35.5 Å². The Hall–Kier alpha value is -0.120. The van der Waals surface area contributed by atoms with Crippen LogP contribution in [0.25, 0.3) is 0 Å². The summed E-state index contributed by atoms with van der Waals surface area (Å²) < 4.78 is 0. The van der Waals surface area contributed by atoms with Gasteiger partial charge in [0.1, 0.15) is 0 Å². The Bertz CT molecular complexity index is 217. The fraction of sp³-hybridized carbons (Fsp3) is 1.00. The Morgan fingerprint density at radius 1 is 1.22 bits per heavy atom. The quantitative estimate of drug-likeness (QED) is 0.655. The maximum atomic E-state index is 10.5. The second kappa shape index (κ2) is 8.13. The van der Waals surface area contributed by atoms with Crippen molar-refractivity contribution in [1.82, 2.24) is 10.2 Å². The number of aliphatic hydroxyl groups is 1. The molecule has 0 aliphatic carbocycles. The molecule has 1 atom stereocenters. The predicted octanol–water partition coefficient (Wildman–Crippen LogP) is 2.39. The highest BCUT2D eigenvalue weighted by atomic mass is 16.3. The first-order valence-electron chi connectivity index (χ1n) is 7.82. The number of hydrogen-bond donors (Lipinski definition) is 2. The lowest BCUT2D eigenvalue weighted by molar-refractivity contribution is -0.0225. The van der Waals surface area contributed by atoms with E-state index in [1.165, 1.54) is 25.7 Å². The maximum absolute atomic E-state index is 10.5. The summed E-state index contributed by atoms with van der Waals surface area (Å²) in [6.07, 6.45) is 6.81. The zero-order chi connectivity index (χ0) is 13.4. The standard InChI is InChI=1S/C15H32N2O/c1-4-10-16-12-14-9-7-8-11-17(14)13-15(18,5-2)6-3/h14,16,18H,4-13H2,1-3H3. The van der Waals surface area contributed by atoms with Gasteiger partial charge in [-0.2, -0.15) is 0 Å². The SMILES string of the molecule is CCCNCC1CCCCN1CC(O)(CC)CC. The van der Waals surface area contributed by atoms with Gasteiger partial charge in [0, 0.05) is 19.1 Å². The normalized spacial score (nSPS) is 22.3. The van der Waals surface area contributed by atoms with Gasteiger partial charge in [0.05, 0.1) is 5.60 Å². The van der Waals surface area contributed by atoms with Gasteiger partial charge < -0.3 is 10.4 Å². The van der Waals surface area contributed by atoms with Crippen LogP contribution in [-0.2, 0) is 0 Å². The van der Waals surface area contributed by atoms with E-state index in [1.54, 1.807) is 0 Å². The van der Waals surface area contributed by atoms with Gasteiger partial charge >= 0.3 is 0 Å². The molecule has 0 aromatic heterocycles. The number of nitrogens with zero attached hydrogens (tertiary/aromatic N) is 1. The average molecular weight is 256 g/mol. The molecule has 0 radical (unpaired) electrons. The van der Waals surface area contributed by atoms with Gasteiger partial charge in [0.25, 0.3) is 0 Å². The van der Waals surface area contributed by atoms with Crippen LogP contribution in [0.4, 0.5) is 0 Å². The second-order valence-corrected chi connectivity index (χ2v) is 5.76. The average Bonchev–Trinajstić information content (AvgIpc) is 2.41. The second-order valence-electron chi connectivity index (χ2n) is 5.76. The molecule has 1 heterocycles. The minimum absolute atomic E-state index is 0.486. The molecule has 0 saturated carbocycles. The number of rotatable bonds is 8. The Morgan fingerprint density at radius 2 is 1.94 bits per heavy atom. The van der Waals surface area contributed by atoms with Gasteiger partial charge in [0.15, 0.2) is 0 Å². The van der Waals surface area contributed by atoms with E-state index in [9.17, 15) is 5.11 Å². The lowest BCUT2D eigenvalue weighted by Crippen LogP contribution is -2.52. The van der Waals surface area contributed by atoms with Crippen molar-refractivity contribution in [2.75, 3.05) is 26.2 Å². The Balaban J connectivity index is 2.48. The molecule has 0 aromatic carbocycles. The van der Waals surface area contributed by atoms with E-state index in [-0.39, 0.29) is 0 Å². The summed E-state index contributed by atoms with van der Waals surface area (Å²) in [5.74, 6) is 0. The summed E-state index contributed by atoms with van der Waals surface area (Å²) in [5.41, 5.74) is -0.486. The molecule has 1 rings (SSSR count). The molecule has 18 heavy (non-hydrogen) atoms. The van der Waals surface area contributed by atoms with Crippen LogP contribution in [0.15, 0.2) is 0 Å². The molecule has 0 amide bonds. The zero-order valence-corrected chi connectivity index (χ0v) is 12.5. The van der Waals surface area contributed by atoms with Crippen molar-refractivity contribution < 1.29 is 5.11 Å². The fourth-order valence-corrected chi connectivity index (χ4v) is 2.80. The lowest BCUT2D eigenvalue weighted by Gasteiger charge is -2.41. The monoisotopic (exact) mass is 256 g/mol. The van der Waals surface area contributed by atoms with E-state index < -0.39 is 5.60 Å². The fourth-order valence-electron chi connectivity index (χ4n) is 2.80. The molecule has 1 aliphatic heterocycles. The third kappa shape index (κ3) is 4.87. The highest BCUT2D eigenvalue weighted by molar-refractivity contribution is 4.86. The minimum Gasteiger partial charge on any atom is -0.389 e. The summed E-state index contributed by atoms with van der Waals surface area (Å²) in [6, 6.07) is 0.620. The van der Waals surface area contributed by atoms with Gasteiger partial charge in [-0.15, -0.1) is 0 Å². The number of hydrogen-bond acceptors (Lipinski definition) is 3. The van der Waals surface area contributed by atoms with E-state index in [0.29, 0.717) is 6.04 Å². The summed E-state index contributed by atoms with van der Waals surface area (Å²) in [7, 11) is 0. The Kier molecular flexibility index (Phi) is 7.20. The molecular formula is C15H32N2O. The first-order valence-corrected chi connectivity index (χ1v) is 7.82. The molecule has 0 bridgehead atoms. The summed E-state index contributed by atoms with van der Waals surface area (Å²) in [5, 5.41) is 14.0. The van der Waals surface area contributed by atoms with Crippen molar-refractivity contribution in [2.45, 2.75) is 70.9 Å². The molecule has 2 N–H and O–H groups in total. The van der Waals surface area contributed by atoms with Gasteiger partial charge in [-0.05, 0) is 45.2 Å². The molecule has 1 fully saturated rings. The lowest BCUT2D eigenvalue weighted by atomic mass is 9.93. The van der Waals surface area contributed by atoms with Crippen molar-refractivity contribution in [1.29, 1.82) is 0 Å². The third-order valence-corrected chi connectivity index (χ3v) is 4.37. The maximum Gasteiger partial charge on any atom is 0.0769 e. The molecule has 1 aliphatic rings. The number of likely N-dealkylation sites (tertiary alicyclic amines) is 1. The molecule has 108 valence electrons. The molecule has 3 nitrogen and oxygen atoms in total. The van der Waals surface area contributed by atoms with Crippen molar-refractivity contribution >= 4 is 0 Å². The largest absolute Gasteiger partial charge is 0.389 e. The third-order valence-electron chi connectivity index (χ3n) is 4.37. The number of nitrogens with one attached hydrogen (secondary N) is 1. The van der Waals surface area contributed by atoms with E-state index >= 15 is 0 Å². The van der Waals surface area contributed by atoms with Crippen molar-refractivity contribution in [3.8, 4) is 0 Å². The first kappa shape index (κ1) is 15.9. The van der Waals surface area contributed by atoms with Crippen LogP contribution in [0.5, 0.6) is 0 Å². The van der Waals surface area contributed by atoms with Gasteiger partial charge in [-0.25, -0.2) is 0 Å². The number of β-amino-alcohol motifs (C(OH)–C–C–N with tert-alkyl or cyclic N) is 1. The van der Waals surface area contributed by atoms with Crippen molar-refractivity contribution in [2.24, 2.45) is 0 Å². The van der Waals surface area contributed by atoms with E-state index in [4.69, 9.17) is 0 Å². The zero-order valence-electron chi connectivity index (χ0n) is 12.5. The molecular weight excluding hydrogens is 224 g/mol. The van der Waals surface area contributed by atoms with Crippen LogP contribution in [0.2, 0.25) is 0 Å². The molecule has 1 saturated heterocycles. The van der Waals surface area contributed by atoms with Gasteiger partial charge in [-0.3, -0.25) is 4.90 Å². The summed E-state index contributed by atoms with van der Waals surface area (Å²) in [4.78, 5) is 2.51. The molecule has 0 aromatic rings. The van der Waals surface area contributed by atoms with Crippen LogP contribution < -0.4 is 5.32 Å². The highest BCUT2D eigenvalue weighted by Crippen LogP contribution is 2.23. The predicted molar refractivity (Wildman–Crippen MR) is 77.9 cm³/mol. The van der Waals surface area contributed by atoms with Crippen LogP contribution in [0, 0.1) is 0 Å². The Labute approximate surface area is 113 Å². The molecule has 0 spiro atoms. The van der Waals surface area contributed by atoms with Crippen molar-refractivity contribution in [3.63, 3.8) is 0 Å². The van der Waals surface area contributed by atoms with E-state index in [0.717, 1.165) is 39.0 Å². The van der Waals surface area contributed by atoms with Crippen molar-refractivity contribution in [3.05, 3.63) is 0 Å². The highest BCUT2D eigenvalue weighted by Gasteiger charge is 2.30. The van der Waals surface area contributed by atoms with Crippen LogP contribution in [0.1, 0.15) is 59.3 Å². The van der Waals surface area contributed by atoms with Gasteiger partial charge in [-0.1, -0.05) is 27.2 Å². The van der Waals surface area contributed by atoms with Gasteiger partial charge in [0.2, 0.25) is 0 Å². The van der Waals surface area contributed by atoms with E-state index in [1.807, 2.05) is 0 Å². The summed E-state index contributed by atoms with van der Waals surface area (Å²) in [6.45, 7) is 10.6. The smallest absolute Gasteiger partial charge is 0.0769 e. The Morgan fingerprint density at radius 3 is 2.56 bits per heavy atom. The van der Waals surface area contributed by atoms with E-state index in [2.05, 4.69) is 31.0 Å². The van der Waals surface area contributed by atoms with Crippen LogP contribution in [0.3, 0.4) is 0 Å². The number of piperidine rings is 1. The first-order chi connectivity index (χ1) is 8.65. The van der Waals surface area contributed by atoms with Crippen LogP contribution >= 0.6 is 0 Å². The molecule has 1 unspecified atom stereocenters.